The molecule has 0 spiro atoms. The van der Waals surface area contributed by atoms with Crippen molar-refractivity contribution in [2.45, 2.75) is 12.8 Å². The van der Waals surface area contributed by atoms with Gasteiger partial charge >= 0.3 is 0 Å². The van der Waals surface area contributed by atoms with Crippen molar-refractivity contribution in [2.75, 3.05) is 6.54 Å². The van der Waals surface area contributed by atoms with E-state index < -0.39 is 0 Å². The number of pyridine rings is 1. The number of fused-ring (bicyclic) bond motifs is 1. The first-order valence-electron chi connectivity index (χ1n) is 8.88. The number of oxazole rings is 1. The van der Waals surface area contributed by atoms with E-state index in [1.54, 1.807) is 24.4 Å². The molecule has 0 aliphatic heterocycles. The number of nitrogens with one attached hydrogen (secondary N) is 1. The summed E-state index contributed by atoms with van der Waals surface area (Å²) in [4.78, 5) is 21.0. The number of carbonyl (C=O) groups excluding carboxylic acids is 1. The second kappa shape index (κ2) is 7.83. The molecule has 2 aromatic heterocycles. The Morgan fingerprint density at radius 1 is 1.00 bits per heavy atom. The quantitative estimate of drug-likeness (QED) is 0.570. The lowest BCUT2D eigenvalue weighted by molar-refractivity contribution is 0.0954. The molecule has 2 aromatic carbocycles. The van der Waals surface area contributed by atoms with Gasteiger partial charge in [0.1, 0.15) is 5.52 Å². The molecule has 0 aliphatic carbocycles. The third-order valence-electron chi connectivity index (χ3n) is 4.31. The summed E-state index contributed by atoms with van der Waals surface area (Å²) in [6.07, 6.45) is 4.91. The minimum absolute atomic E-state index is 0.117. The second-order valence-corrected chi connectivity index (χ2v) is 6.32. The molecule has 0 fully saturated rings. The van der Waals surface area contributed by atoms with Gasteiger partial charge in [0.25, 0.3) is 5.91 Å². The van der Waals surface area contributed by atoms with E-state index in [9.17, 15) is 4.79 Å². The molecule has 5 heteroatoms. The van der Waals surface area contributed by atoms with Crippen molar-refractivity contribution in [3.63, 3.8) is 0 Å². The summed E-state index contributed by atoms with van der Waals surface area (Å²) in [7, 11) is 0. The van der Waals surface area contributed by atoms with Crippen LogP contribution in [0.25, 0.3) is 11.1 Å². The Morgan fingerprint density at radius 2 is 1.85 bits per heavy atom. The number of nitrogens with zero attached hydrogens (tertiary/aromatic N) is 2. The Morgan fingerprint density at radius 3 is 2.67 bits per heavy atom. The molecule has 0 bridgehead atoms. The van der Waals surface area contributed by atoms with Crippen LogP contribution in [0.4, 0.5) is 0 Å². The van der Waals surface area contributed by atoms with Crippen LogP contribution in [0.2, 0.25) is 0 Å². The predicted molar refractivity (Wildman–Crippen MR) is 104 cm³/mol. The lowest BCUT2D eigenvalue weighted by Crippen LogP contribution is -2.25. The molecule has 0 saturated heterocycles. The van der Waals surface area contributed by atoms with Crippen LogP contribution >= 0.6 is 0 Å². The Labute approximate surface area is 157 Å². The molecule has 0 saturated carbocycles. The van der Waals surface area contributed by atoms with Gasteiger partial charge in [-0.1, -0.05) is 36.4 Å². The SMILES string of the molecule is O=C(NCCc1cccnc1)c1ccc2oc(Cc3ccccc3)nc2c1. The average Bonchev–Trinajstić information content (AvgIpc) is 3.11. The first-order chi connectivity index (χ1) is 13.3. The fourth-order valence-electron chi connectivity index (χ4n) is 2.93. The van der Waals surface area contributed by atoms with Crippen LogP contribution < -0.4 is 5.32 Å². The fourth-order valence-corrected chi connectivity index (χ4v) is 2.93. The molecule has 5 nitrogen and oxygen atoms in total. The van der Waals surface area contributed by atoms with Crippen LogP contribution in [-0.4, -0.2) is 22.4 Å². The minimum Gasteiger partial charge on any atom is -0.440 e. The molecule has 1 amide bonds. The Bertz CT molecular complexity index is 1040. The maximum atomic E-state index is 12.4. The summed E-state index contributed by atoms with van der Waals surface area (Å²) in [5, 5.41) is 2.93. The summed E-state index contributed by atoms with van der Waals surface area (Å²) in [6, 6.07) is 19.3. The summed E-state index contributed by atoms with van der Waals surface area (Å²) in [5.74, 6) is 0.527. The van der Waals surface area contributed by atoms with Gasteiger partial charge in [-0.15, -0.1) is 0 Å². The molecule has 4 rings (SSSR count). The first-order valence-corrected chi connectivity index (χ1v) is 8.88. The number of hydrogen-bond acceptors (Lipinski definition) is 4. The summed E-state index contributed by atoms with van der Waals surface area (Å²) >= 11 is 0. The zero-order valence-corrected chi connectivity index (χ0v) is 14.8. The standard InChI is InChI=1S/C22H19N3O2/c26-22(24-12-10-17-7-4-11-23-15-17)18-8-9-20-19(14-18)25-21(27-20)13-16-5-2-1-3-6-16/h1-9,11,14-15H,10,12-13H2,(H,24,26). The molecular formula is C22H19N3O2. The van der Waals surface area contributed by atoms with Crippen molar-refractivity contribution in [3.8, 4) is 0 Å². The predicted octanol–water partition coefficient (Wildman–Crippen LogP) is 3.79. The normalized spacial score (nSPS) is 10.8. The second-order valence-electron chi connectivity index (χ2n) is 6.32. The molecule has 2 heterocycles. The van der Waals surface area contributed by atoms with Crippen LogP contribution in [0, 0.1) is 0 Å². The molecule has 4 aromatic rings. The topological polar surface area (TPSA) is 68.0 Å². The van der Waals surface area contributed by atoms with Crippen molar-refractivity contribution in [1.82, 2.24) is 15.3 Å². The molecule has 27 heavy (non-hydrogen) atoms. The van der Waals surface area contributed by atoms with Gasteiger partial charge in [0.05, 0.1) is 0 Å². The highest BCUT2D eigenvalue weighted by atomic mass is 16.3. The van der Waals surface area contributed by atoms with Crippen LogP contribution in [0.1, 0.15) is 27.4 Å². The zero-order chi connectivity index (χ0) is 18.5. The maximum absolute atomic E-state index is 12.4. The van der Waals surface area contributed by atoms with E-state index in [0.29, 0.717) is 35.5 Å². The highest BCUT2D eigenvalue weighted by molar-refractivity contribution is 5.97. The molecule has 134 valence electrons. The van der Waals surface area contributed by atoms with Crippen LogP contribution in [0.3, 0.4) is 0 Å². The highest BCUT2D eigenvalue weighted by Gasteiger charge is 2.11. The van der Waals surface area contributed by atoms with E-state index in [1.807, 2.05) is 48.7 Å². The summed E-state index contributed by atoms with van der Waals surface area (Å²) in [6.45, 7) is 0.556. The number of carbonyl (C=O) groups is 1. The molecule has 0 aliphatic rings. The van der Waals surface area contributed by atoms with Gasteiger partial charge in [0.2, 0.25) is 0 Å². The number of benzene rings is 2. The molecule has 0 radical (unpaired) electrons. The van der Waals surface area contributed by atoms with Gasteiger partial charge in [-0.25, -0.2) is 4.98 Å². The van der Waals surface area contributed by atoms with Gasteiger partial charge in [-0.05, 0) is 41.8 Å². The Balaban J connectivity index is 1.42. The Kier molecular flexibility index (Phi) is 4.92. The lowest BCUT2D eigenvalue weighted by atomic mass is 10.1. The monoisotopic (exact) mass is 357 g/mol. The van der Waals surface area contributed by atoms with E-state index >= 15 is 0 Å². The van der Waals surface area contributed by atoms with Crippen LogP contribution in [0.15, 0.2) is 77.5 Å². The first kappa shape index (κ1) is 17.0. The van der Waals surface area contributed by atoms with Crippen LogP contribution in [0.5, 0.6) is 0 Å². The highest BCUT2D eigenvalue weighted by Crippen LogP contribution is 2.19. The minimum atomic E-state index is -0.117. The summed E-state index contributed by atoms with van der Waals surface area (Å²) < 4.78 is 5.80. The van der Waals surface area contributed by atoms with E-state index in [0.717, 1.165) is 17.5 Å². The Hall–Kier alpha value is -3.47. The number of hydrogen-bond donors (Lipinski definition) is 1. The maximum Gasteiger partial charge on any atom is 0.251 e. The van der Waals surface area contributed by atoms with Gasteiger partial charge in [-0.2, -0.15) is 0 Å². The van der Waals surface area contributed by atoms with Crippen molar-refractivity contribution in [1.29, 1.82) is 0 Å². The number of rotatable bonds is 6. The number of amides is 1. The largest absolute Gasteiger partial charge is 0.440 e. The van der Waals surface area contributed by atoms with E-state index in [4.69, 9.17) is 4.42 Å². The van der Waals surface area contributed by atoms with Crippen molar-refractivity contribution >= 4 is 17.0 Å². The molecule has 0 unspecified atom stereocenters. The average molecular weight is 357 g/mol. The van der Waals surface area contributed by atoms with E-state index in [1.165, 1.54) is 0 Å². The van der Waals surface area contributed by atoms with Gasteiger partial charge in [-0.3, -0.25) is 9.78 Å². The van der Waals surface area contributed by atoms with E-state index in [2.05, 4.69) is 15.3 Å². The van der Waals surface area contributed by atoms with E-state index in [-0.39, 0.29) is 5.91 Å². The fraction of sp³-hybridized carbons (Fsp3) is 0.136. The zero-order valence-electron chi connectivity index (χ0n) is 14.8. The third-order valence-corrected chi connectivity index (χ3v) is 4.31. The van der Waals surface area contributed by atoms with Crippen molar-refractivity contribution < 1.29 is 9.21 Å². The van der Waals surface area contributed by atoms with Gasteiger partial charge in [0.15, 0.2) is 11.5 Å². The third kappa shape index (κ3) is 4.20. The van der Waals surface area contributed by atoms with Gasteiger partial charge in [0, 0.05) is 30.9 Å². The van der Waals surface area contributed by atoms with Crippen molar-refractivity contribution in [2.24, 2.45) is 0 Å². The lowest BCUT2D eigenvalue weighted by Gasteiger charge is -2.05. The summed E-state index contributed by atoms with van der Waals surface area (Å²) in [5.41, 5.74) is 4.19. The molecule has 0 atom stereocenters. The smallest absolute Gasteiger partial charge is 0.251 e. The van der Waals surface area contributed by atoms with Crippen LogP contribution in [-0.2, 0) is 12.8 Å². The molecular weight excluding hydrogens is 338 g/mol. The van der Waals surface area contributed by atoms with Crippen molar-refractivity contribution in [3.05, 3.63) is 95.6 Å². The number of aromatic nitrogens is 2. The molecule has 1 N–H and O–H groups in total. The van der Waals surface area contributed by atoms with Gasteiger partial charge < -0.3 is 9.73 Å².